The number of hydrogen-bond donors (Lipinski definition) is 2. The van der Waals surface area contributed by atoms with Gasteiger partial charge in [-0.15, -0.1) is 0 Å². The fourth-order valence-electron chi connectivity index (χ4n) is 4.74. The molecular formula is C30H30FN3O5. The number of benzene rings is 3. The van der Waals surface area contributed by atoms with Crippen molar-refractivity contribution in [3.63, 3.8) is 0 Å². The van der Waals surface area contributed by atoms with Gasteiger partial charge in [-0.2, -0.15) is 0 Å². The van der Waals surface area contributed by atoms with Crippen LogP contribution >= 0.6 is 0 Å². The molecule has 0 saturated carbocycles. The third-order valence-corrected chi connectivity index (χ3v) is 6.69. The van der Waals surface area contributed by atoms with Gasteiger partial charge in [-0.3, -0.25) is 19.2 Å². The second-order valence-corrected chi connectivity index (χ2v) is 9.53. The van der Waals surface area contributed by atoms with Crippen LogP contribution in [0.5, 0.6) is 0 Å². The van der Waals surface area contributed by atoms with Crippen molar-refractivity contribution in [3.8, 4) is 0 Å². The lowest BCUT2D eigenvalue weighted by Crippen LogP contribution is -2.54. The van der Waals surface area contributed by atoms with Crippen molar-refractivity contribution in [2.75, 3.05) is 13.1 Å². The molecule has 1 aliphatic rings. The van der Waals surface area contributed by atoms with Gasteiger partial charge in [0, 0.05) is 25.1 Å². The maximum Gasteiger partial charge on any atom is 0.305 e. The van der Waals surface area contributed by atoms with Crippen LogP contribution in [0, 0.1) is 12.7 Å². The number of carboxylic acid groups (broad SMARTS) is 1. The first kappa shape index (κ1) is 27.5. The minimum Gasteiger partial charge on any atom is -0.481 e. The first-order valence-electron chi connectivity index (χ1n) is 12.7. The molecule has 8 nitrogen and oxygen atoms in total. The molecular weight excluding hydrogens is 501 g/mol. The Morgan fingerprint density at radius 3 is 2.31 bits per heavy atom. The van der Waals surface area contributed by atoms with Gasteiger partial charge < -0.3 is 20.2 Å². The number of amides is 3. The van der Waals surface area contributed by atoms with E-state index >= 15 is 0 Å². The number of carbonyl (C=O) groups is 4. The molecule has 3 aromatic carbocycles. The molecule has 1 fully saturated rings. The Hall–Kier alpha value is -4.53. The summed E-state index contributed by atoms with van der Waals surface area (Å²) in [5.74, 6) is -3.05. The summed E-state index contributed by atoms with van der Waals surface area (Å²) in [6.45, 7) is 2.15. The van der Waals surface area contributed by atoms with E-state index < -0.39 is 42.2 Å². The third-order valence-electron chi connectivity index (χ3n) is 6.69. The van der Waals surface area contributed by atoms with E-state index in [4.69, 9.17) is 0 Å². The van der Waals surface area contributed by atoms with E-state index in [9.17, 15) is 28.7 Å². The van der Waals surface area contributed by atoms with E-state index in [1.54, 1.807) is 18.2 Å². The van der Waals surface area contributed by atoms with Gasteiger partial charge in [0.15, 0.2) is 6.17 Å². The molecule has 2 unspecified atom stereocenters. The van der Waals surface area contributed by atoms with Crippen molar-refractivity contribution in [3.05, 3.63) is 107 Å². The van der Waals surface area contributed by atoms with Crippen LogP contribution in [-0.4, -0.2) is 57.9 Å². The molecule has 9 heteroatoms. The van der Waals surface area contributed by atoms with Crippen LogP contribution in [0.2, 0.25) is 0 Å². The first-order valence-corrected chi connectivity index (χ1v) is 12.7. The molecule has 0 spiro atoms. The van der Waals surface area contributed by atoms with Crippen molar-refractivity contribution >= 4 is 23.7 Å². The van der Waals surface area contributed by atoms with E-state index in [0.29, 0.717) is 17.5 Å². The number of carbonyl (C=O) groups excluding carboxylic acids is 3. The molecule has 202 valence electrons. The minimum atomic E-state index is -1.27. The van der Waals surface area contributed by atoms with Gasteiger partial charge in [0.25, 0.3) is 11.8 Å². The monoisotopic (exact) mass is 531 g/mol. The highest BCUT2D eigenvalue weighted by molar-refractivity contribution is 5.99. The number of rotatable bonds is 9. The average Bonchev–Trinajstić information content (AvgIpc) is 3.37. The van der Waals surface area contributed by atoms with Gasteiger partial charge in [-0.1, -0.05) is 60.2 Å². The zero-order valence-corrected chi connectivity index (χ0v) is 21.5. The highest BCUT2D eigenvalue weighted by atomic mass is 19.1. The molecule has 2 N–H and O–H groups in total. The highest BCUT2D eigenvalue weighted by Crippen LogP contribution is 2.24. The summed E-state index contributed by atoms with van der Waals surface area (Å²) < 4.78 is 13.5. The van der Waals surface area contributed by atoms with Crippen LogP contribution < -0.4 is 5.32 Å². The van der Waals surface area contributed by atoms with Gasteiger partial charge >= 0.3 is 5.97 Å². The Bertz CT molecular complexity index is 1350. The fraction of sp³-hybridized carbons (Fsp3) is 0.267. The molecule has 1 aliphatic heterocycles. The van der Waals surface area contributed by atoms with E-state index in [2.05, 4.69) is 5.32 Å². The molecule has 0 radical (unpaired) electrons. The largest absolute Gasteiger partial charge is 0.481 e. The predicted octanol–water partition coefficient (Wildman–Crippen LogP) is 3.71. The maximum atomic E-state index is 13.7. The van der Waals surface area contributed by atoms with Crippen molar-refractivity contribution < 1.29 is 28.7 Å². The topological polar surface area (TPSA) is 107 Å². The van der Waals surface area contributed by atoms with E-state index in [1.807, 2.05) is 43.3 Å². The summed E-state index contributed by atoms with van der Waals surface area (Å²) in [4.78, 5) is 54.8. The molecule has 39 heavy (non-hydrogen) atoms. The number of hydrogen-bond acceptors (Lipinski definition) is 4. The Balaban J connectivity index is 1.60. The first-order chi connectivity index (χ1) is 18.7. The summed E-state index contributed by atoms with van der Waals surface area (Å²) in [6, 6.07) is 20.6. The number of carboxylic acids is 1. The van der Waals surface area contributed by atoms with Gasteiger partial charge in [-0.25, -0.2) is 4.39 Å². The number of aryl methyl sites for hydroxylation is 2. The van der Waals surface area contributed by atoms with Crippen LogP contribution in [0.1, 0.15) is 45.9 Å². The molecule has 0 bridgehead atoms. The summed E-state index contributed by atoms with van der Waals surface area (Å²) in [7, 11) is 0. The summed E-state index contributed by atoms with van der Waals surface area (Å²) >= 11 is 0. The van der Waals surface area contributed by atoms with Gasteiger partial charge in [-0.05, 0) is 48.7 Å². The summed E-state index contributed by atoms with van der Waals surface area (Å²) in [6.07, 6.45) is -1.12. The number of nitrogens with zero attached hydrogens (tertiary/aromatic N) is 2. The average molecular weight is 532 g/mol. The number of aliphatic carboxylic acids is 1. The fourth-order valence-corrected chi connectivity index (χ4v) is 4.74. The predicted molar refractivity (Wildman–Crippen MR) is 142 cm³/mol. The standard InChI is InChI=1S/C30H30FN3O5/c1-20-6-5-9-23(18-20)30(39)34-17-16-33(26(35)15-10-21-7-3-2-4-8-21)29(34)28(38)32-25(19-27(36)37)22-11-13-24(31)14-12-22/h2-9,11-14,18,25,29H,10,15-17,19H2,1H3,(H,32,38)(H,36,37). The van der Waals surface area contributed by atoms with Crippen LogP contribution in [0.4, 0.5) is 4.39 Å². The van der Waals surface area contributed by atoms with Gasteiger partial charge in [0.2, 0.25) is 5.91 Å². The van der Waals surface area contributed by atoms with Crippen LogP contribution in [0.15, 0.2) is 78.9 Å². The Morgan fingerprint density at radius 1 is 0.949 bits per heavy atom. The van der Waals surface area contributed by atoms with Gasteiger partial charge in [0.1, 0.15) is 5.82 Å². The van der Waals surface area contributed by atoms with Crippen molar-refractivity contribution in [2.24, 2.45) is 0 Å². The van der Waals surface area contributed by atoms with Crippen LogP contribution in [0.25, 0.3) is 0 Å². The smallest absolute Gasteiger partial charge is 0.305 e. The molecule has 3 aromatic rings. The Labute approximate surface area is 226 Å². The molecule has 3 amide bonds. The van der Waals surface area contributed by atoms with Crippen LogP contribution in [-0.2, 0) is 20.8 Å². The van der Waals surface area contributed by atoms with Crippen molar-refractivity contribution in [1.82, 2.24) is 15.1 Å². The normalized spacial score (nSPS) is 15.6. The van der Waals surface area contributed by atoms with Crippen LogP contribution in [0.3, 0.4) is 0 Å². The second-order valence-electron chi connectivity index (χ2n) is 9.53. The zero-order valence-electron chi connectivity index (χ0n) is 21.5. The number of nitrogens with one attached hydrogen (secondary N) is 1. The molecule has 0 aliphatic carbocycles. The molecule has 4 rings (SSSR count). The maximum absolute atomic E-state index is 13.7. The minimum absolute atomic E-state index is 0.136. The van der Waals surface area contributed by atoms with E-state index in [-0.39, 0.29) is 25.4 Å². The summed E-state index contributed by atoms with van der Waals surface area (Å²) in [5.41, 5.74) is 2.61. The highest BCUT2D eigenvalue weighted by Gasteiger charge is 2.43. The van der Waals surface area contributed by atoms with Crippen molar-refractivity contribution in [2.45, 2.75) is 38.4 Å². The van der Waals surface area contributed by atoms with E-state index in [0.717, 1.165) is 11.1 Å². The van der Waals surface area contributed by atoms with Gasteiger partial charge in [0.05, 0.1) is 12.5 Å². The molecule has 1 heterocycles. The number of halogens is 1. The SMILES string of the molecule is Cc1cccc(C(=O)N2CCN(C(=O)CCc3ccccc3)C2C(=O)NC(CC(=O)O)c2ccc(F)cc2)c1. The molecule has 2 atom stereocenters. The molecule has 1 saturated heterocycles. The molecule has 0 aromatic heterocycles. The Kier molecular flexibility index (Phi) is 8.70. The lowest BCUT2D eigenvalue weighted by Gasteiger charge is -2.31. The second kappa shape index (κ2) is 12.3. The quantitative estimate of drug-likeness (QED) is 0.438. The Morgan fingerprint density at radius 2 is 1.64 bits per heavy atom. The lowest BCUT2D eigenvalue weighted by molar-refractivity contribution is -0.142. The van der Waals surface area contributed by atoms with E-state index in [1.165, 1.54) is 34.1 Å². The van der Waals surface area contributed by atoms with Crippen molar-refractivity contribution in [1.29, 1.82) is 0 Å². The lowest BCUT2D eigenvalue weighted by atomic mass is 10.0. The third kappa shape index (κ3) is 6.87. The summed E-state index contributed by atoms with van der Waals surface area (Å²) in [5, 5.41) is 12.2. The zero-order chi connectivity index (χ0) is 27.9.